The van der Waals surface area contributed by atoms with Crippen LogP contribution in [-0.4, -0.2) is 46.2 Å². The summed E-state index contributed by atoms with van der Waals surface area (Å²) in [7, 11) is -3.55. The maximum Gasteiger partial charge on any atom is 0.258 e. The van der Waals surface area contributed by atoms with Gasteiger partial charge in [0.15, 0.2) is 6.61 Å². The van der Waals surface area contributed by atoms with E-state index < -0.39 is 10.0 Å². The van der Waals surface area contributed by atoms with Crippen LogP contribution in [0, 0.1) is 6.92 Å². The predicted molar refractivity (Wildman–Crippen MR) is 106 cm³/mol. The summed E-state index contributed by atoms with van der Waals surface area (Å²) in [5.41, 5.74) is 0.679. The van der Waals surface area contributed by atoms with E-state index in [0.29, 0.717) is 17.9 Å². The Hall–Kier alpha value is -1.64. The van der Waals surface area contributed by atoms with Crippen LogP contribution in [-0.2, 0) is 19.6 Å². The molecule has 1 aliphatic carbocycles. The van der Waals surface area contributed by atoms with E-state index in [9.17, 15) is 13.2 Å². The fourth-order valence-electron chi connectivity index (χ4n) is 3.69. The highest BCUT2D eigenvalue weighted by Gasteiger charge is 2.22. The zero-order valence-corrected chi connectivity index (χ0v) is 17.2. The van der Waals surface area contributed by atoms with Crippen molar-refractivity contribution in [2.24, 2.45) is 0 Å². The molecule has 2 N–H and O–H groups in total. The first-order valence-electron chi connectivity index (χ1n) is 10.1. The van der Waals surface area contributed by atoms with Gasteiger partial charge in [0.1, 0.15) is 5.75 Å². The molecule has 1 aromatic carbocycles. The van der Waals surface area contributed by atoms with Crippen molar-refractivity contribution in [1.82, 2.24) is 10.0 Å². The molecule has 0 bridgehead atoms. The summed E-state index contributed by atoms with van der Waals surface area (Å²) in [6, 6.07) is 4.74. The van der Waals surface area contributed by atoms with Crippen molar-refractivity contribution >= 4 is 15.9 Å². The normalized spacial score (nSPS) is 20.8. The first-order valence-corrected chi connectivity index (χ1v) is 11.6. The molecule has 7 nitrogen and oxygen atoms in total. The van der Waals surface area contributed by atoms with E-state index >= 15 is 0 Å². The Kier molecular flexibility index (Phi) is 7.31. The molecule has 3 rings (SSSR count). The van der Waals surface area contributed by atoms with Crippen LogP contribution in [0.15, 0.2) is 23.1 Å². The Morgan fingerprint density at radius 3 is 2.64 bits per heavy atom. The lowest BCUT2D eigenvalue weighted by Crippen LogP contribution is -2.36. The molecule has 0 radical (unpaired) electrons. The van der Waals surface area contributed by atoms with Crippen LogP contribution in [0.1, 0.15) is 50.5 Å². The van der Waals surface area contributed by atoms with E-state index in [1.54, 1.807) is 19.1 Å². The summed E-state index contributed by atoms with van der Waals surface area (Å²) in [5.74, 6) is 0.287. The fraction of sp³-hybridized carbons (Fsp3) is 0.650. The second kappa shape index (κ2) is 9.71. The molecule has 1 atom stereocenters. The number of sulfonamides is 1. The lowest BCUT2D eigenvalue weighted by molar-refractivity contribution is -0.123. The summed E-state index contributed by atoms with van der Waals surface area (Å²) in [4.78, 5) is 12.2. The van der Waals surface area contributed by atoms with Gasteiger partial charge in [0.2, 0.25) is 10.0 Å². The van der Waals surface area contributed by atoms with Crippen LogP contribution in [0.25, 0.3) is 0 Å². The van der Waals surface area contributed by atoms with Crippen LogP contribution in [0.3, 0.4) is 0 Å². The number of carbonyl (C=O) groups excluding carboxylic acids is 1. The second-order valence-corrected chi connectivity index (χ2v) is 9.33. The highest BCUT2D eigenvalue weighted by atomic mass is 32.2. The quantitative estimate of drug-likeness (QED) is 0.686. The van der Waals surface area contributed by atoms with Crippen LogP contribution in [0.5, 0.6) is 5.75 Å². The number of carbonyl (C=O) groups is 1. The Balaban J connectivity index is 1.52. The third-order valence-electron chi connectivity index (χ3n) is 5.29. The van der Waals surface area contributed by atoms with Gasteiger partial charge >= 0.3 is 0 Å². The van der Waals surface area contributed by atoms with E-state index in [0.717, 1.165) is 45.1 Å². The van der Waals surface area contributed by atoms with E-state index in [4.69, 9.17) is 9.47 Å². The maximum absolute atomic E-state index is 12.6. The Morgan fingerprint density at radius 1 is 1.18 bits per heavy atom. The summed E-state index contributed by atoms with van der Waals surface area (Å²) >= 11 is 0. The van der Waals surface area contributed by atoms with Crippen molar-refractivity contribution in [2.45, 2.75) is 68.9 Å². The minimum atomic E-state index is -3.55. The van der Waals surface area contributed by atoms with Gasteiger partial charge in [-0.2, -0.15) is 0 Å². The third-order valence-corrected chi connectivity index (χ3v) is 6.81. The Morgan fingerprint density at radius 2 is 1.96 bits per heavy atom. The molecule has 1 aromatic rings. The standard InChI is InChI=1S/C20H30N2O5S/c1-15-12-18(28(24,25)22-16-6-3-2-4-7-16)9-10-19(15)27-14-20(23)21-13-17-8-5-11-26-17/h9-10,12,16-17,22H,2-8,11,13-14H2,1H3,(H,21,23)/t17-/m1/s1. The molecule has 2 fully saturated rings. The molecule has 0 unspecified atom stereocenters. The second-order valence-electron chi connectivity index (χ2n) is 7.61. The summed E-state index contributed by atoms with van der Waals surface area (Å²) < 4.78 is 39.1. The first-order chi connectivity index (χ1) is 13.4. The number of benzene rings is 1. The van der Waals surface area contributed by atoms with E-state index in [2.05, 4.69) is 10.0 Å². The lowest BCUT2D eigenvalue weighted by atomic mass is 9.96. The highest BCUT2D eigenvalue weighted by Crippen LogP contribution is 2.24. The van der Waals surface area contributed by atoms with Crippen molar-refractivity contribution in [3.05, 3.63) is 23.8 Å². The average molecular weight is 411 g/mol. The Bertz CT molecular complexity index is 769. The lowest BCUT2D eigenvalue weighted by Gasteiger charge is -2.22. The van der Waals surface area contributed by atoms with Crippen molar-refractivity contribution < 1.29 is 22.7 Å². The largest absolute Gasteiger partial charge is 0.484 e. The van der Waals surface area contributed by atoms with Crippen LogP contribution in [0.4, 0.5) is 0 Å². The summed E-state index contributed by atoms with van der Waals surface area (Å²) in [6.45, 7) is 2.91. The van der Waals surface area contributed by atoms with Crippen molar-refractivity contribution in [3.63, 3.8) is 0 Å². The Labute approximate surface area is 167 Å². The third kappa shape index (κ3) is 5.93. The van der Waals surface area contributed by atoms with Gasteiger partial charge < -0.3 is 14.8 Å². The molecule has 2 aliphatic rings. The smallest absolute Gasteiger partial charge is 0.258 e. The number of rotatable bonds is 8. The molecule has 1 heterocycles. The molecule has 8 heteroatoms. The molecular weight excluding hydrogens is 380 g/mol. The summed E-state index contributed by atoms with van der Waals surface area (Å²) in [5, 5.41) is 2.80. The van der Waals surface area contributed by atoms with E-state index in [1.807, 2.05) is 0 Å². The number of hydrogen-bond acceptors (Lipinski definition) is 5. The van der Waals surface area contributed by atoms with Crippen molar-refractivity contribution in [1.29, 1.82) is 0 Å². The van der Waals surface area contributed by atoms with E-state index in [-0.39, 0.29) is 29.6 Å². The number of nitrogens with one attached hydrogen (secondary N) is 2. The molecule has 156 valence electrons. The maximum atomic E-state index is 12.6. The summed E-state index contributed by atoms with van der Waals surface area (Å²) in [6.07, 6.45) is 7.16. The van der Waals surface area contributed by atoms with Gasteiger partial charge in [0.25, 0.3) is 5.91 Å². The molecule has 1 amide bonds. The molecule has 28 heavy (non-hydrogen) atoms. The highest BCUT2D eigenvalue weighted by molar-refractivity contribution is 7.89. The monoisotopic (exact) mass is 410 g/mol. The topological polar surface area (TPSA) is 93.7 Å². The minimum Gasteiger partial charge on any atom is -0.484 e. The minimum absolute atomic E-state index is 0.0162. The van der Waals surface area contributed by atoms with Crippen molar-refractivity contribution in [2.75, 3.05) is 19.8 Å². The molecule has 1 saturated heterocycles. The van der Waals surface area contributed by atoms with Gasteiger partial charge in [0, 0.05) is 19.2 Å². The SMILES string of the molecule is Cc1cc(S(=O)(=O)NC2CCCCC2)ccc1OCC(=O)NC[C@H]1CCCO1. The zero-order valence-electron chi connectivity index (χ0n) is 16.4. The average Bonchev–Trinajstić information content (AvgIpc) is 3.19. The predicted octanol–water partition coefficient (Wildman–Crippen LogP) is 2.28. The van der Waals surface area contributed by atoms with Gasteiger partial charge in [-0.15, -0.1) is 0 Å². The molecule has 0 spiro atoms. The van der Waals surface area contributed by atoms with Gasteiger partial charge in [-0.1, -0.05) is 19.3 Å². The number of ether oxygens (including phenoxy) is 2. The molecular formula is C20H30N2O5S. The first kappa shape index (κ1) is 21.1. The van der Waals surface area contributed by atoms with E-state index in [1.165, 1.54) is 12.5 Å². The molecule has 1 aliphatic heterocycles. The molecule has 0 aromatic heterocycles. The number of hydrogen-bond donors (Lipinski definition) is 2. The van der Waals surface area contributed by atoms with Crippen LogP contribution < -0.4 is 14.8 Å². The van der Waals surface area contributed by atoms with Gasteiger partial charge in [0.05, 0.1) is 11.0 Å². The fourth-order valence-corrected chi connectivity index (χ4v) is 5.08. The number of amides is 1. The van der Waals surface area contributed by atoms with Gasteiger partial charge in [-0.05, 0) is 56.4 Å². The van der Waals surface area contributed by atoms with Crippen LogP contribution >= 0.6 is 0 Å². The van der Waals surface area contributed by atoms with Crippen LogP contribution in [0.2, 0.25) is 0 Å². The van der Waals surface area contributed by atoms with Gasteiger partial charge in [-0.3, -0.25) is 4.79 Å². The molecule has 1 saturated carbocycles. The van der Waals surface area contributed by atoms with Gasteiger partial charge in [-0.25, -0.2) is 13.1 Å². The number of aryl methyl sites for hydroxylation is 1. The zero-order chi connectivity index (χ0) is 20.0. The van der Waals surface area contributed by atoms with Crippen molar-refractivity contribution in [3.8, 4) is 5.75 Å².